The highest BCUT2D eigenvalue weighted by Gasteiger charge is 2.14. The average Bonchev–Trinajstić information content (AvgIpc) is 2.86. The molecular formula is C30H34Cl2N4. The number of nitrogens with one attached hydrogen (secondary N) is 1. The van der Waals surface area contributed by atoms with E-state index in [0.717, 1.165) is 71.5 Å². The summed E-state index contributed by atoms with van der Waals surface area (Å²) >= 11 is 12.5. The molecule has 3 aromatic carbocycles. The molecule has 0 bridgehead atoms. The molecule has 1 atom stereocenters. The Kier molecular flexibility index (Phi) is 8.84. The highest BCUT2D eigenvalue weighted by atomic mass is 35.5. The molecule has 1 N–H and O–H groups in total. The van der Waals surface area contributed by atoms with Crippen LogP contribution in [0.15, 0.2) is 60.7 Å². The molecule has 4 rings (SSSR count). The van der Waals surface area contributed by atoms with Crippen LogP contribution in [0.5, 0.6) is 0 Å². The molecule has 1 unspecified atom stereocenters. The van der Waals surface area contributed by atoms with Crippen molar-refractivity contribution >= 4 is 39.9 Å². The number of halogens is 2. The number of hydrogen-bond acceptors (Lipinski definition) is 4. The highest BCUT2D eigenvalue weighted by molar-refractivity contribution is 6.35. The van der Waals surface area contributed by atoms with Gasteiger partial charge in [0.15, 0.2) is 5.82 Å². The normalized spacial score (nSPS) is 12.3. The van der Waals surface area contributed by atoms with Crippen LogP contribution in [0.25, 0.3) is 33.4 Å². The lowest BCUT2D eigenvalue weighted by atomic mass is 10.0. The molecule has 188 valence electrons. The minimum atomic E-state index is 0.298. The molecule has 4 aromatic rings. The molecule has 0 amide bonds. The summed E-state index contributed by atoms with van der Waals surface area (Å²) in [7, 11) is 0. The largest absolute Gasteiger partial charge is 0.367 e. The second-order valence-corrected chi connectivity index (χ2v) is 10.2. The first kappa shape index (κ1) is 26.4. The van der Waals surface area contributed by atoms with Crippen molar-refractivity contribution in [1.82, 2.24) is 14.9 Å². The molecule has 4 nitrogen and oxygen atoms in total. The second kappa shape index (κ2) is 12.1. The van der Waals surface area contributed by atoms with Gasteiger partial charge in [-0.3, -0.25) is 0 Å². The summed E-state index contributed by atoms with van der Waals surface area (Å²) in [4.78, 5) is 12.5. The monoisotopic (exact) mass is 520 g/mol. The van der Waals surface area contributed by atoms with Gasteiger partial charge in [0.2, 0.25) is 0 Å². The van der Waals surface area contributed by atoms with Crippen LogP contribution in [-0.2, 0) is 0 Å². The van der Waals surface area contributed by atoms with Crippen LogP contribution in [0.4, 0.5) is 5.82 Å². The van der Waals surface area contributed by atoms with E-state index in [0.29, 0.717) is 21.9 Å². The third-order valence-corrected chi connectivity index (χ3v) is 7.07. The fraction of sp³-hybridized carbons (Fsp3) is 0.333. The average molecular weight is 522 g/mol. The van der Waals surface area contributed by atoms with Crippen LogP contribution in [0.2, 0.25) is 10.0 Å². The molecule has 6 heteroatoms. The first-order chi connectivity index (χ1) is 17.4. The summed E-state index contributed by atoms with van der Waals surface area (Å²) in [5.41, 5.74) is 5.03. The SMILES string of the molecule is CCN(CC)CCCC(C)Nc1nc(-c2cccc(-c3cc(Cl)cc(Cl)c3)c2)nc2c(C)cccc12. The molecule has 0 spiro atoms. The quantitative estimate of drug-likeness (QED) is 0.227. The Balaban J connectivity index is 1.66. The van der Waals surface area contributed by atoms with Crippen molar-refractivity contribution < 1.29 is 0 Å². The van der Waals surface area contributed by atoms with Gasteiger partial charge in [-0.2, -0.15) is 0 Å². The van der Waals surface area contributed by atoms with Crippen molar-refractivity contribution in [3.8, 4) is 22.5 Å². The molecule has 0 fully saturated rings. The van der Waals surface area contributed by atoms with E-state index in [4.69, 9.17) is 33.2 Å². The minimum Gasteiger partial charge on any atom is -0.367 e. The summed E-state index contributed by atoms with van der Waals surface area (Å²) in [5.74, 6) is 1.58. The van der Waals surface area contributed by atoms with Crippen LogP contribution in [0.1, 0.15) is 39.2 Å². The molecule has 0 aliphatic heterocycles. The highest BCUT2D eigenvalue weighted by Crippen LogP contribution is 2.32. The Morgan fingerprint density at radius 1 is 0.861 bits per heavy atom. The molecule has 1 aromatic heterocycles. The topological polar surface area (TPSA) is 41.0 Å². The van der Waals surface area contributed by atoms with E-state index < -0.39 is 0 Å². The standard InChI is InChI=1S/C30H34Cl2N4/c1-5-36(6-2)15-9-11-21(4)33-30-27-14-7-10-20(3)28(27)34-29(35-30)23-13-8-12-22(16-23)24-17-25(31)19-26(32)18-24/h7-8,10,12-14,16-19,21H,5-6,9,11,15H2,1-4H3,(H,33,34,35). The predicted molar refractivity (Wildman–Crippen MR) is 155 cm³/mol. The lowest BCUT2D eigenvalue weighted by Gasteiger charge is -2.21. The van der Waals surface area contributed by atoms with Crippen molar-refractivity contribution in [2.45, 2.75) is 46.6 Å². The van der Waals surface area contributed by atoms with Crippen molar-refractivity contribution in [3.05, 3.63) is 76.3 Å². The number of aromatic nitrogens is 2. The maximum absolute atomic E-state index is 6.26. The maximum Gasteiger partial charge on any atom is 0.162 e. The summed E-state index contributed by atoms with van der Waals surface area (Å²) in [6.07, 6.45) is 2.23. The number of fused-ring (bicyclic) bond motifs is 1. The number of benzene rings is 3. The number of nitrogens with zero attached hydrogens (tertiary/aromatic N) is 3. The Morgan fingerprint density at radius 3 is 2.28 bits per heavy atom. The number of hydrogen-bond donors (Lipinski definition) is 1. The Labute approximate surface area is 224 Å². The third-order valence-electron chi connectivity index (χ3n) is 6.63. The van der Waals surface area contributed by atoms with E-state index in [1.165, 1.54) is 0 Å². The van der Waals surface area contributed by atoms with Gasteiger partial charge in [0.1, 0.15) is 5.82 Å². The fourth-order valence-corrected chi connectivity index (χ4v) is 5.09. The number of para-hydroxylation sites is 1. The van der Waals surface area contributed by atoms with Crippen LogP contribution in [-0.4, -0.2) is 40.5 Å². The molecule has 0 saturated heterocycles. The molecular weight excluding hydrogens is 487 g/mol. The second-order valence-electron chi connectivity index (χ2n) is 9.32. The van der Waals surface area contributed by atoms with Crippen LogP contribution < -0.4 is 5.32 Å². The van der Waals surface area contributed by atoms with Gasteiger partial charge in [0.05, 0.1) is 5.52 Å². The fourth-order valence-electron chi connectivity index (χ4n) is 4.56. The van der Waals surface area contributed by atoms with Crippen LogP contribution >= 0.6 is 23.2 Å². The van der Waals surface area contributed by atoms with Gasteiger partial charge in [0.25, 0.3) is 0 Å². The molecule has 0 aliphatic rings. The Morgan fingerprint density at radius 2 is 1.56 bits per heavy atom. The lowest BCUT2D eigenvalue weighted by molar-refractivity contribution is 0.295. The van der Waals surface area contributed by atoms with Gasteiger partial charge in [-0.1, -0.05) is 67.4 Å². The van der Waals surface area contributed by atoms with Crippen molar-refractivity contribution in [1.29, 1.82) is 0 Å². The van der Waals surface area contributed by atoms with Gasteiger partial charge in [-0.15, -0.1) is 0 Å². The number of anilines is 1. The maximum atomic E-state index is 6.26. The van der Waals surface area contributed by atoms with Crippen molar-refractivity contribution in [2.24, 2.45) is 0 Å². The molecule has 0 radical (unpaired) electrons. The van der Waals surface area contributed by atoms with E-state index in [1.807, 2.05) is 24.3 Å². The van der Waals surface area contributed by atoms with Gasteiger partial charge in [-0.25, -0.2) is 9.97 Å². The smallest absolute Gasteiger partial charge is 0.162 e. The first-order valence-electron chi connectivity index (χ1n) is 12.7. The first-order valence-corrected chi connectivity index (χ1v) is 13.5. The summed E-state index contributed by atoms with van der Waals surface area (Å²) in [6, 6.07) is 20.4. The van der Waals surface area contributed by atoms with E-state index in [-0.39, 0.29) is 0 Å². The molecule has 36 heavy (non-hydrogen) atoms. The van der Waals surface area contributed by atoms with Gasteiger partial charge in [0, 0.05) is 27.0 Å². The third kappa shape index (κ3) is 6.36. The Bertz CT molecular complexity index is 1310. The number of rotatable bonds is 10. The molecule has 0 aliphatic carbocycles. The zero-order valence-corrected chi connectivity index (χ0v) is 23.0. The Hall–Kier alpha value is -2.66. The summed E-state index contributed by atoms with van der Waals surface area (Å²) < 4.78 is 0. The molecule has 0 saturated carbocycles. The summed E-state index contributed by atoms with van der Waals surface area (Å²) in [6.45, 7) is 12.1. The molecule has 1 heterocycles. The zero-order valence-electron chi connectivity index (χ0n) is 21.5. The summed E-state index contributed by atoms with van der Waals surface area (Å²) in [5, 5.41) is 5.96. The van der Waals surface area contributed by atoms with E-state index >= 15 is 0 Å². The van der Waals surface area contributed by atoms with Gasteiger partial charge in [-0.05, 0) is 93.3 Å². The van der Waals surface area contributed by atoms with E-state index in [9.17, 15) is 0 Å². The lowest BCUT2D eigenvalue weighted by Crippen LogP contribution is -2.25. The van der Waals surface area contributed by atoms with Crippen molar-refractivity contribution in [2.75, 3.05) is 25.0 Å². The van der Waals surface area contributed by atoms with Crippen LogP contribution in [0, 0.1) is 6.92 Å². The van der Waals surface area contributed by atoms with Gasteiger partial charge >= 0.3 is 0 Å². The predicted octanol–water partition coefficient (Wildman–Crippen LogP) is 8.50. The number of aryl methyl sites for hydroxylation is 1. The minimum absolute atomic E-state index is 0.298. The zero-order chi connectivity index (χ0) is 25.7. The van der Waals surface area contributed by atoms with Crippen molar-refractivity contribution in [3.63, 3.8) is 0 Å². The van der Waals surface area contributed by atoms with E-state index in [2.05, 4.69) is 68.2 Å². The van der Waals surface area contributed by atoms with E-state index in [1.54, 1.807) is 6.07 Å². The van der Waals surface area contributed by atoms with Crippen LogP contribution in [0.3, 0.4) is 0 Å². The van der Waals surface area contributed by atoms with Gasteiger partial charge < -0.3 is 10.2 Å².